The molecule has 0 unspecified atom stereocenters. The molecule has 2 rings (SSSR count). The number of carbonyl (C=O) groups excluding carboxylic acids is 2. The van der Waals surface area contributed by atoms with E-state index in [0.717, 1.165) is 4.88 Å². The highest BCUT2D eigenvalue weighted by Gasteiger charge is 2.16. The number of benzene rings is 1. The molecule has 0 atom stereocenters. The lowest BCUT2D eigenvalue weighted by Gasteiger charge is -2.17. The number of esters is 1. The summed E-state index contributed by atoms with van der Waals surface area (Å²) < 4.78 is 10.2. The quantitative estimate of drug-likeness (QED) is 0.748. The lowest BCUT2D eigenvalue weighted by molar-refractivity contribution is -0.132. The third-order valence-electron chi connectivity index (χ3n) is 3.10. The van der Waals surface area contributed by atoms with Crippen LogP contribution >= 0.6 is 22.9 Å². The number of hydrogen-bond donors (Lipinski definition) is 0. The Kier molecular flexibility index (Phi) is 6.01. The predicted molar refractivity (Wildman–Crippen MR) is 89.1 cm³/mol. The number of ether oxygens (including phenoxy) is 2. The normalized spacial score (nSPS) is 10.2. The minimum Gasteiger partial charge on any atom is -0.483 e. The Labute approximate surface area is 143 Å². The van der Waals surface area contributed by atoms with Crippen LogP contribution in [0, 0.1) is 0 Å². The Morgan fingerprint density at radius 2 is 2.09 bits per heavy atom. The third kappa shape index (κ3) is 4.71. The first-order valence-corrected chi connectivity index (χ1v) is 8.04. The van der Waals surface area contributed by atoms with E-state index in [9.17, 15) is 9.59 Å². The van der Waals surface area contributed by atoms with Gasteiger partial charge in [0.05, 0.1) is 13.7 Å². The molecule has 0 saturated carbocycles. The highest BCUT2D eigenvalue weighted by molar-refractivity contribution is 7.09. The van der Waals surface area contributed by atoms with Gasteiger partial charge in [-0.25, -0.2) is 4.79 Å². The molecule has 2 aromatic rings. The molecule has 0 spiro atoms. The molecule has 0 fully saturated rings. The number of hydrogen-bond acceptors (Lipinski definition) is 5. The second-order valence-electron chi connectivity index (χ2n) is 4.75. The van der Waals surface area contributed by atoms with E-state index in [4.69, 9.17) is 16.3 Å². The number of likely N-dealkylation sites (N-methyl/N-ethyl adjacent to an activating group) is 1. The van der Waals surface area contributed by atoms with Gasteiger partial charge in [0.1, 0.15) is 11.3 Å². The van der Waals surface area contributed by atoms with E-state index in [1.807, 2.05) is 17.5 Å². The van der Waals surface area contributed by atoms with Gasteiger partial charge in [0.25, 0.3) is 5.91 Å². The van der Waals surface area contributed by atoms with Crippen molar-refractivity contribution in [2.45, 2.75) is 6.54 Å². The Hall–Kier alpha value is -2.05. The Bertz CT molecular complexity index is 687. The second-order valence-corrected chi connectivity index (χ2v) is 6.22. The minimum atomic E-state index is -0.545. The lowest BCUT2D eigenvalue weighted by atomic mass is 10.2. The summed E-state index contributed by atoms with van der Waals surface area (Å²) in [7, 11) is 2.98. The molecule has 1 amide bonds. The zero-order valence-electron chi connectivity index (χ0n) is 12.7. The zero-order valence-corrected chi connectivity index (χ0v) is 14.3. The fraction of sp³-hybridized carbons (Fsp3) is 0.250. The fourth-order valence-electron chi connectivity index (χ4n) is 1.87. The van der Waals surface area contributed by atoms with Crippen LogP contribution < -0.4 is 4.74 Å². The summed E-state index contributed by atoms with van der Waals surface area (Å²) in [6.07, 6.45) is 0. The summed E-state index contributed by atoms with van der Waals surface area (Å²) in [6.45, 7) is 0.325. The fourth-order valence-corrected chi connectivity index (χ4v) is 2.79. The van der Waals surface area contributed by atoms with Crippen molar-refractivity contribution in [1.82, 2.24) is 4.90 Å². The van der Waals surface area contributed by atoms with Crippen molar-refractivity contribution in [1.29, 1.82) is 0 Å². The van der Waals surface area contributed by atoms with Crippen molar-refractivity contribution < 1.29 is 19.1 Å². The molecule has 23 heavy (non-hydrogen) atoms. The Balaban J connectivity index is 2.01. The van der Waals surface area contributed by atoms with E-state index in [-0.39, 0.29) is 23.8 Å². The van der Waals surface area contributed by atoms with Gasteiger partial charge in [0.2, 0.25) is 0 Å². The molecule has 1 aromatic heterocycles. The lowest BCUT2D eigenvalue weighted by Crippen LogP contribution is -2.30. The van der Waals surface area contributed by atoms with E-state index in [1.165, 1.54) is 19.2 Å². The molecule has 5 nitrogen and oxygen atoms in total. The first-order valence-electron chi connectivity index (χ1n) is 6.78. The third-order valence-corrected chi connectivity index (χ3v) is 4.20. The largest absolute Gasteiger partial charge is 0.483 e. The van der Waals surface area contributed by atoms with Crippen LogP contribution in [0.5, 0.6) is 5.75 Å². The second kappa shape index (κ2) is 7.99. The maximum Gasteiger partial charge on any atom is 0.341 e. The molecule has 122 valence electrons. The summed E-state index contributed by atoms with van der Waals surface area (Å²) in [5, 5.41) is 2.37. The molecule has 1 heterocycles. The molecule has 0 aliphatic rings. The van der Waals surface area contributed by atoms with Gasteiger partial charge in [0, 0.05) is 16.9 Å². The number of carbonyl (C=O) groups is 2. The summed E-state index contributed by atoms with van der Waals surface area (Å²) in [5.41, 5.74) is 0.227. The standard InChI is InChI=1S/C16H16ClNO4S/c1-18(9-12-4-3-7-23-12)15(19)10-22-14-8-11(17)5-6-13(14)16(20)21-2/h3-8H,9-10H2,1-2H3. The van der Waals surface area contributed by atoms with E-state index >= 15 is 0 Å². The molecular weight excluding hydrogens is 338 g/mol. The monoisotopic (exact) mass is 353 g/mol. The molecule has 0 bridgehead atoms. The van der Waals surface area contributed by atoms with Gasteiger partial charge in [-0.1, -0.05) is 17.7 Å². The number of nitrogens with zero attached hydrogens (tertiary/aromatic N) is 1. The number of halogens is 1. The molecule has 0 aliphatic carbocycles. The van der Waals surface area contributed by atoms with Crippen LogP contribution in [-0.2, 0) is 16.1 Å². The van der Waals surface area contributed by atoms with Crippen molar-refractivity contribution in [2.24, 2.45) is 0 Å². The first kappa shape index (κ1) is 17.3. The van der Waals surface area contributed by atoms with E-state index < -0.39 is 5.97 Å². The van der Waals surface area contributed by atoms with Crippen LogP contribution in [0.15, 0.2) is 35.7 Å². The molecule has 0 N–H and O–H groups in total. The summed E-state index contributed by atoms with van der Waals surface area (Å²) in [5.74, 6) is -0.521. The van der Waals surface area contributed by atoms with Gasteiger partial charge in [-0.2, -0.15) is 0 Å². The molecule has 0 aliphatic heterocycles. The smallest absolute Gasteiger partial charge is 0.341 e. The van der Waals surface area contributed by atoms with Gasteiger partial charge in [-0.05, 0) is 29.6 Å². The average Bonchev–Trinajstić information content (AvgIpc) is 3.04. The molecule has 0 saturated heterocycles. The number of rotatable bonds is 6. The van der Waals surface area contributed by atoms with Gasteiger partial charge >= 0.3 is 5.97 Å². The number of methoxy groups -OCH3 is 1. The van der Waals surface area contributed by atoms with Gasteiger partial charge in [0.15, 0.2) is 6.61 Å². The molecule has 0 radical (unpaired) electrons. The van der Waals surface area contributed by atoms with Gasteiger partial charge in [-0.3, -0.25) is 4.79 Å². The predicted octanol–water partition coefficient (Wildman–Crippen LogP) is 3.23. The zero-order chi connectivity index (χ0) is 16.8. The maximum atomic E-state index is 12.1. The van der Waals surface area contributed by atoms with Crippen LogP contribution in [-0.4, -0.2) is 37.5 Å². The van der Waals surface area contributed by atoms with E-state index in [2.05, 4.69) is 4.74 Å². The Morgan fingerprint density at radius 3 is 2.74 bits per heavy atom. The van der Waals surface area contributed by atoms with Crippen molar-refractivity contribution in [3.05, 3.63) is 51.2 Å². The van der Waals surface area contributed by atoms with Crippen molar-refractivity contribution in [3.63, 3.8) is 0 Å². The van der Waals surface area contributed by atoms with Crippen LogP contribution in [0.3, 0.4) is 0 Å². The summed E-state index contributed by atoms with van der Waals surface area (Å²) in [6, 6.07) is 8.44. The summed E-state index contributed by atoms with van der Waals surface area (Å²) in [4.78, 5) is 26.5. The average molecular weight is 354 g/mol. The van der Waals surface area contributed by atoms with Crippen molar-refractivity contribution in [3.8, 4) is 5.75 Å². The van der Waals surface area contributed by atoms with Gasteiger partial charge < -0.3 is 14.4 Å². The molecule has 7 heteroatoms. The molecular formula is C16H16ClNO4S. The van der Waals surface area contributed by atoms with Crippen LogP contribution in [0.25, 0.3) is 0 Å². The van der Waals surface area contributed by atoms with Gasteiger partial charge in [-0.15, -0.1) is 11.3 Å². The molecule has 1 aromatic carbocycles. The van der Waals surface area contributed by atoms with Crippen LogP contribution in [0.2, 0.25) is 5.02 Å². The van der Waals surface area contributed by atoms with E-state index in [1.54, 1.807) is 29.4 Å². The SMILES string of the molecule is COC(=O)c1ccc(Cl)cc1OCC(=O)N(C)Cc1cccs1. The topological polar surface area (TPSA) is 55.8 Å². The Morgan fingerprint density at radius 1 is 1.30 bits per heavy atom. The highest BCUT2D eigenvalue weighted by atomic mass is 35.5. The highest BCUT2D eigenvalue weighted by Crippen LogP contribution is 2.24. The van der Waals surface area contributed by atoms with Crippen LogP contribution in [0.4, 0.5) is 0 Å². The van der Waals surface area contributed by atoms with E-state index in [0.29, 0.717) is 11.6 Å². The number of thiophene rings is 1. The van der Waals surface area contributed by atoms with Crippen molar-refractivity contribution >= 4 is 34.8 Å². The minimum absolute atomic E-state index is 0.188. The first-order chi connectivity index (χ1) is 11.0. The van der Waals surface area contributed by atoms with Crippen molar-refractivity contribution in [2.75, 3.05) is 20.8 Å². The maximum absolute atomic E-state index is 12.1. The van der Waals surface area contributed by atoms with Crippen LogP contribution in [0.1, 0.15) is 15.2 Å². The number of amides is 1. The summed E-state index contributed by atoms with van der Waals surface area (Å²) >= 11 is 7.49.